The number of hydrogen-bond donors (Lipinski definition) is 2. The fourth-order valence-electron chi connectivity index (χ4n) is 2.04. The predicted molar refractivity (Wildman–Crippen MR) is 73.2 cm³/mol. The lowest BCUT2D eigenvalue weighted by Gasteiger charge is -2.22. The van der Waals surface area contributed by atoms with Gasteiger partial charge in [-0.1, -0.05) is 13.8 Å². The van der Waals surface area contributed by atoms with E-state index in [-0.39, 0.29) is 18.6 Å². The molecule has 0 radical (unpaired) electrons. The molecule has 0 bridgehead atoms. The SMILES string of the molecule is CCN(CC)CCCNC(=O)N(CC(=O)O)C1CC1. The van der Waals surface area contributed by atoms with Crippen molar-refractivity contribution in [3.8, 4) is 0 Å². The molecule has 1 aliphatic rings. The maximum Gasteiger partial charge on any atom is 0.323 e. The van der Waals surface area contributed by atoms with E-state index in [0.717, 1.165) is 38.9 Å². The van der Waals surface area contributed by atoms with E-state index in [1.165, 1.54) is 4.90 Å². The fraction of sp³-hybridized carbons (Fsp3) is 0.846. The number of nitrogens with one attached hydrogen (secondary N) is 1. The highest BCUT2D eigenvalue weighted by atomic mass is 16.4. The number of carboxylic acids is 1. The van der Waals surface area contributed by atoms with Crippen LogP contribution in [0.2, 0.25) is 0 Å². The van der Waals surface area contributed by atoms with Crippen molar-refractivity contribution in [2.24, 2.45) is 0 Å². The van der Waals surface area contributed by atoms with E-state index in [1.807, 2.05) is 0 Å². The monoisotopic (exact) mass is 271 g/mol. The summed E-state index contributed by atoms with van der Waals surface area (Å²) in [5, 5.41) is 11.6. The Kier molecular flexibility index (Phi) is 6.62. The summed E-state index contributed by atoms with van der Waals surface area (Å²) in [4.78, 5) is 26.3. The average Bonchev–Trinajstić information content (AvgIpc) is 3.20. The van der Waals surface area contributed by atoms with E-state index in [9.17, 15) is 9.59 Å². The summed E-state index contributed by atoms with van der Waals surface area (Å²) >= 11 is 0. The van der Waals surface area contributed by atoms with E-state index in [1.54, 1.807) is 0 Å². The maximum atomic E-state index is 11.9. The van der Waals surface area contributed by atoms with Gasteiger partial charge in [0.25, 0.3) is 0 Å². The van der Waals surface area contributed by atoms with Crippen LogP contribution in [0.5, 0.6) is 0 Å². The second kappa shape index (κ2) is 7.99. The zero-order chi connectivity index (χ0) is 14.3. The summed E-state index contributed by atoms with van der Waals surface area (Å²) < 4.78 is 0. The number of amides is 2. The Morgan fingerprint density at radius 1 is 1.26 bits per heavy atom. The lowest BCUT2D eigenvalue weighted by atomic mass is 10.3. The molecule has 19 heavy (non-hydrogen) atoms. The summed E-state index contributed by atoms with van der Waals surface area (Å²) in [6.07, 6.45) is 2.72. The molecule has 1 saturated carbocycles. The van der Waals surface area contributed by atoms with Crippen LogP contribution in [-0.4, -0.2) is 65.7 Å². The van der Waals surface area contributed by atoms with Crippen LogP contribution in [0, 0.1) is 0 Å². The molecule has 1 aliphatic carbocycles. The van der Waals surface area contributed by atoms with Crippen LogP contribution in [0.25, 0.3) is 0 Å². The second-order valence-electron chi connectivity index (χ2n) is 4.87. The van der Waals surface area contributed by atoms with E-state index in [2.05, 4.69) is 24.1 Å². The quantitative estimate of drug-likeness (QED) is 0.613. The number of carboxylic acid groups (broad SMARTS) is 1. The van der Waals surface area contributed by atoms with Crippen LogP contribution in [0.4, 0.5) is 4.79 Å². The molecule has 0 aromatic rings. The first kappa shape index (κ1) is 15.8. The van der Waals surface area contributed by atoms with Gasteiger partial charge in [-0.3, -0.25) is 4.79 Å². The molecule has 2 amide bonds. The van der Waals surface area contributed by atoms with E-state index >= 15 is 0 Å². The molecule has 1 rings (SSSR count). The molecule has 2 N–H and O–H groups in total. The first-order chi connectivity index (χ1) is 9.08. The lowest BCUT2D eigenvalue weighted by molar-refractivity contribution is -0.137. The van der Waals surface area contributed by atoms with Crippen molar-refractivity contribution in [1.29, 1.82) is 0 Å². The van der Waals surface area contributed by atoms with E-state index in [0.29, 0.717) is 6.54 Å². The third kappa shape index (κ3) is 5.92. The number of hydrogen-bond acceptors (Lipinski definition) is 3. The smallest absolute Gasteiger partial charge is 0.323 e. The Bertz CT molecular complexity index is 302. The third-order valence-electron chi connectivity index (χ3n) is 3.38. The van der Waals surface area contributed by atoms with Crippen LogP contribution >= 0.6 is 0 Å². The van der Waals surface area contributed by atoms with Gasteiger partial charge in [0.1, 0.15) is 6.54 Å². The largest absolute Gasteiger partial charge is 0.480 e. The number of urea groups is 1. The number of carbonyl (C=O) groups is 2. The minimum atomic E-state index is -0.954. The van der Waals surface area contributed by atoms with Gasteiger partial charge >= 0.3 is 12.0 Å². The van der Waals surface area contributed by atoms with Gasteiger partial charge in [-0.25, -0.2) is 4.79 Å². The van der Waals surface area contributed by atoms with Crippen molar-refractivity contribution in [2.45, 2.75) is 39.2 Å². The number of nitrogens with zero attached hydrogens (tertiary/aromatic N) is 2. The third-order valence-corrected chi connectivity index (χ3v) is 3.38. The Labute approximate surface area is 114 Å². The van der Waals surface area contributed by atoms with Gasteiger partial charge in [0.05, 0.1) is 0 Å². The molecule has 1 fully saturated rings. The summed E-state index contributed by atoms with van der Waals surface area (Å²) in [6, 6.07) is -0.122. The van der Waals surface area contributed by atoms with Gasteiger partial charge in [-0.2, -0.15) is 0 Å². The Morgan fingerprint density at radius 3 is 2.37 bits per heavy atom. The van der Waals surface area contributed by atoms with Crippen molar-refractivity contribution < 1.29 is 14.7 Å². The summed E-state index contributed by atoms with van der Waals surface area (Å²) in [5.41, 5.74) is 0. The normalized spacial score (nSPS) is 14.5. The molecule has 0 aliphatic heterocycles. The Morgan fingerprint density at radius 2 is 1.89 bits per heavy atom. The second-order valence-corrected chi connectivity index (χ2v) is 4.87. The molecule has 0 spiro atoms. The average molecular weight is 271 g/mol. The molecule has 6 heteroatoms. The summed E-state index contributed by atoms with van der Waals surface area (Å²) in [5.74, 6) is -0.954. The Hall–Kier alpha value is -1.30. The fourth-order valence-corrected chi connectivity index (χ4v) is 2.04. The Balaban J connectivity index is 2.23. The number of carbonyl (C=O) groups excluding carboxylic acids is 1. The molecule has 110 valence electrons. The van der Waals surface area contributed by atoms with Crippen molar-refractivity contribution in [3.63, 3.8) is 0 Å². The van der Waals surface area contributed by atoms with Gasteiger partial charge < -0.3 is 20.2 Å². The van der Waals surface area contributed by atoms with Crippen LogP contribution in [-0.2, 0) is 4.79 Å². The van der Waals surface area contributed by atoms with Crippen LogP contribution < -0.4 is 5.32 Å². The van der Waals surface area contributed by atoms with Crippen LogP contribution in [0.3, 0.4) is 0 Å². The van der Waals surface area contributed by atoms with Gasteiger partial charge in [0, 0.05) is 12.6 Å². The van der Waals surface area contributed by atoms with Gasteiger partial charge in [-0.15, -0.1) is 0 Å². The summed E-state index contributed by atoms with van der Waals surface area (Å²) in [6.45, 7) is 7.60. The molecule has 0 unspecified atom stereocenters. The predicted octanol–water partition coefficient (Wildman–Crippen LogP) is 0.977. The van der Waals surface area contributed by atoms with Gasteiger partial charge in [-0.05, 0) is 38.9 Å². The van der Waals surface area contributed by atoms with Crippen molar-refractivity contribution in [2.75, 3.05) is 32.7 Å². The standard InChI is InChI=1S/C13H25N3O3/c1-3-15(4-2)9-5-8-14-13(19)16(10-12(17)18)11-6-7-11/h11H,3-10H2,1-2H3,(H,14,19)(H,17,18). The molecule has 0 saturated heterocycles. The first-order valence-corrected chi connectivity index (χ1v) is 7.07. The van der Waals surface area contributed by atoms with E-state index in [4.69, 9.17) is 5.11 Å². The van der Waals surface area contributed by atoms with Gasteiger partial charge in [0.15, 0.2) is 0 Å². The molecule has 0 heterocycles. The number of rotatable bonds is 9. The first-order valence-electron chi connectivity index (χ1n) is 7.07. The molecule has 0 aromatic heterocycles. The van der Waals surface area contributed by atoms with Gasteiger partial charge in [0.2, 0.25) is 0 Å². The molecule has 6 nitrogen and oxygen atoms in total. The zero-order valence-corrected chi connectivity index (χ0v) is 11.9. The highest BCUT2D eigenvalue weighted by molar-refractivity contribution is 5.80. The zero-order valence-electron chi connectivity index (χ0n) is 11.9. The highest BCUT2D eigenvalue weighted by Gasteiger charge is 2.33. The van der Waals surface area contributed by atoms with Crippen LogP contribution in [0.15, 0.2) is 0 Å². The van der Waals surface area contributed by atoms with Crippen LogP contribution in [0.1, 0.15) is 33.1 Å². The molecule has 0 aromatic carbocycles. The highest BCUT2D eigenvalue weighted by Crippen LogP contribution is 2.26. The topological polar surface area (TPSA) is 72.9 Å². The van der Waals surface area contributed by atoms with Crippen molar-refractivity contribution >= 4 is 12.0 Å². The van der Waals surface area contributed by atoms with E-state index < -0.39 is 5.97 Å². The minimum Gasteiger partial charge on any atom is -0.480 e. The van der Waals surface area contributed by atoms with Crippen molar-refractivity contribution in [3.05, 3.63) is 0 Å². The maximum absolute atomic E-state index is 11.9. The molecule has 0 atom stereocenters. The minimum absolute atomic E-state index is 0.124. The number of aliphatic carboxylic acids is 1. The molecular formula is C13H25N3O3. The summed E-state index contributed by atoms with van der Waals surface area (Å²) in [7, 11) is 0. The molecular weight excluding hydrogens is 246 g/mol. The van der Waals surface area contributed by atoms with Crippen molar-refractivity contribution in [1.82, 2.24) is 15.1 Å². The lowest BCUT2D eigenvalue weighted by Crippen LogP contribution is -2.44.